The van der Waals surface area contributed by atoms with Crippen molar-refractivity contribution in [2.45, 2.75) is 6.54 Å². The molecule has 5 nitrogen and oxygen atoms in total. The first-order valence-electron chi connectivity index (χ1n) is 5.95. The second-order valence-corrected chi connectivity index (χ2v) is 5.00. The van der Waals surface area contributed by atoms with Crippen molar-refractivity contribution in [1.29, 1.82) is 0 Å². The number of benzene rings is 2. The Morgan fingerprint density at radius 2 is 1.95 bits per heavy atom. The standard InChI is InChI=1S/C14H13BrN2O3/c1-16-9-10-2-7-14(13(15)8-10)20-12-5-3-11(4-6-12)17(18)19/h2-8,16H,9H2,1H3. The first-order chi connectivity index (χ1) is 9.60. The summed E-state index contributed by atoms with van der Waals surface area (Å²) in [6, 6.07) is 11.8. The molecular weight excluding hydrogens is 324 g/mol. The highest BCUT2D eigenvalue weighted by atomic mass is 79.9. The molecule has 0 radical (unpaired) electrons. The van der Waals surface area contributed by atoms with E-state index in [4.69, 9.17) is 4.74 Å². The van der Waals surface area contributed by atoms with Crippen molar-refractivity contribution >= 4 is 21.6 Å². The fraction of sp³-hybridized carbons (Fsp3) is 0.143. The Labute approximate surface area is 124 Å². The first-order valence-corrected chi connectivity index (χ1v) is 6.75. The van der Waals surface area contributed by atoms with Gasteiger partial charge in [-0.15, -0.1) is 0 Å². The van der Waals surface area contributed by atoms with Crippen molar-refractivity contribution in [2.24, 2.45) is 0 Å². The molecule has 0 aromatic heterocycles. The number of hydrogen-bond acceptors (Lipinski definition) is 4. The number of nitro benzene ring substituents is 1. The van der Waals surface area contributed by atoms with Gasteiger partial charge in [-0.2, -0.15) is 0 Å². The second-order valence-electron chi connectivity index (χ2n) is 4.15. The van der Waals surface area contributed by atoms with Crippen molar-refractivity contribution in [1.82, 2.24) is 5.32 Å². The Morgan fingerprint density at radius 3 is 2.50 bits per heavy atom. The van der Waals surface area contributed by atoms with Crippen LogP contribution in [0.15, 0.2) is 46.9 Å². The average Bonchev–Trinajstić information content (AvgIpc) is 2.43. The number of halogens is 1. The lowest BCUT2D eigenvalue weighted by atomic mass is 10.2. The maximum atomic E-state index is 10.6. The molecule has 0 amide bonds. The molecule has 0 aliphatic heterocycles. The number of nitro groups is 1. The predicted molar refractivity (Wildman–Crippen MR) is 80.1 cm³/mol. The lowest BCUT2D eigenvalue weighted by Gasteiger charge is -2.09. The van der Waals surface area contributed by atoms with Crippen LogP contribution in [0.3, 0.4) is 0 Å². The van der Waals surface area contributed by atoms with E-state index in [0.29, 0.717) is 11.5 Å². The zero-order valence-corrected chi connectivity index (χ0v) is 12.4. The summed E-state index contributed by atoms with van der Waals surface area (Å²) < 4.78 is 6.52. The van der Waals surface area contributed by atoms with Crippen LogP contribution in [0.25, 0.3) is 0 Å². The van der Waals surface area contributed by atoms with E-state index >= 15 is 0 Å². The Bertz CT molecular complexity index is 614. The van der Waals surface area contributed by atoms with Crippen molar-refractivity contribution in [3.05, 3.63) is 62.6 Å². The Hall–Kier alpha value is -1.92. The van der Waals surface area contributed by atoms with Crippen LogP contribution in [0, 0.1) is 10.1 Å². The smallest absolute Gasteiger partial charge is 0.269 e. The fourth-order valence-electron chi connectivity index (χ4n) is 1.70. The molecule has 2 aromatic rings. The first kappa shape index (κ1) is 14.5. The van der Waals surface area contributed by atoms with Gasteiger partial charge in [-0.05, 0) is 52.8 Å². The van der Waals surface area contributed by atoms with Crippen molar-refractivity contribution in [2.75, 3.05) is 7.05 Å². The summed E-state index contributed by atoms with van der Waals surface area (Å²) >= 11 is 3.45. The number of rotatable bonds is 5. The third-order valence-electron chi connectivity index (χ3n) is 2.65. The van der Waals surface area contributed by atoms with E-state index in [1.807, 2.05) is 25.2 Å². The molecule has 20 heavy (non-hydrogen) atoms. The third-order valence-corrected chi connectivity index (χ3v) is 3.27. The molecule has 0 aliphatic rings. The Kier molecular flexibility index (Phi) is 4.70. The van der Waals surface area contributed by atoms with Gasteiger partial charge in [0.1, 0.15) is 11.5 Å². The van der Waals surface area contributed by atoms with Gasteiger partial charge in [-0.3, -0.25) is 10.1 Å². The van der Waals surface area contributed by atoms with Crippen LogP contribution >= 0.6 is 15.9 Å². The van der Waals surface area contributed by atoms with Gasteiger partial charge >= 0.3 is 0 Å². The number of nitrogens with one attached hydrogen (secondary N) is 1. The van der Waals surface area contributed by atoms with Crippen LogP contribution in [-0.2, 0) is 6.54 Å². The molecule has 0 fully saturated rings. The molecule has 0 bridgehead atoms. The topological polar surface area (TPSA) is 64.4 Å². The van der Waals surface area contributed by atoms with Gasteiger partial charge in [-0.25, -0.2) is 0 Å². The molecule has 0 aliphatic carbocycles. The minimum absolute atomic E-state index is 0.0424. The lowest BCUT2D eigenvalue weighted by Crippen LogP contribution is -2.04. The van der Waals surface area contributed by atoms with Crippen molar-refractivity contribution < 1.29 is 9.66 Å². The van der Waals surface area contributed by atoms with E-state index in [0.717, 1.165) is 16.6 Å². The van der Waals surface area contributed by atoms with Gasteiger partial charge in [0.05, 0.1) is 9.40 Å². The van der Waals surface area contributed by atoms with Crippen LogP contribution < -0.4 is 10.1 Å². The molecule has 2 aromatic carbocycles. The SMILES string of the molecule is CNCc1ccc(Oc2ccc([N+](=O)[O-])cc2)c(Br)c1. The summed E-state index contributed by atoms with van der Waals surface area (Å²) in [5.41, 5.74) is 1.18. The van der Waals surface area contributed by atoms with Gasteiger partial charge in [0.15, 0.2) is 0 Å². The fourth-order valence-corrected chi connectivity index (χ4v) is 2.21. The average molecular weight is 337 g/mol. The number of hydrogen-bond donors (Lipinski definition) is 1. The van der Waals surface area contributed by atoms with Gasteiger partial charge in [0, 0.05) is 18.7 Å². The van der Waals surface area contributed by atoms with Crippen molar-refractivity contribution in [3.63, 3.8) is 0 Å². The Balaban J connectivity index is 2.15. The lowest BCUT2D eigenvalue weighted by molar-refractivity contribution is -0.384. The Morgan fingerprint density at radius 1 is 1.25 bits per heavy atom. The van der Waals surface area contributed by atoms with Crippen LogP contribution in [0.1, 0.15) is 5.56 Å². The molecule has 6 heteroatoms. The third kappa shape index (κ3) is 3.55. The van der Waals surface area contributed by atoms with Crippen LogP contribution in [-0.4, -0.2) is 12.0 Å². The quantitative estimate of drug-likeness (QED) is 0.664. The summed E-state index contributed by atoms with van der Waals surface area (Å²) in [6.07, 6.45) is 0. The minimum Gasteiger partial charge on any atom is -0.456 e. The zero-order valence-electron chi connectivity index (χ0n) is 10.8. The van der Waals surface area contributed by atoms with Gasteiger partial charge < -0.3 is 10.1 Å². The minimum atomic E-state index is -0.438. The van der Waals surface area contributed by atoms with Gasteiger partial charge in [0.2, 0.25) is 0 Å². The van der Waals surface area contributed by atoms with Crippen molar-refractivity contribution in [3.8, 4) is 11.5 Å². The van der Waals surface area contributed by atoms with E-state index in [9.17, 15) is 10.1 Å². The largest absolute Gasteiger partial charge is 0.456 e. The summed E-state index contributed by atoms with van der Waals surface area (Å²) in [7, 11) is 1.88. The monoisotopic (exact) mass is 336 g/mol. The maximum Gasteiger partial charge on any atom is 0.269 e. The molecule has 1 N–H and O–H groups in total. The van der Waals surface area contributed by atoms with Gasteiger partial charge in [-0.1, -0.05) is 6.07 Å². The highest BCUT2D eigenvalue weighted by molar-refractivity contribution is 9.10. The van der Waals surface area contributed by atoms with E-state index in [-0.39, 0.29) is 5.69 Å². The summed E-state index contributed by atoms with van der Waals surface area (Å²) in [5, 5.41) is 13.6. The zero-order chi connectivity index (χ0) is 14.5. The highest BCUT2D eigenvalue weighted by Crippen LogP contribution is 2.31. The second kappa shape index (κ2) is 6.49. The summed E-state index contributed by atoms with van der Waals surface area (Å²) in [4.78, 5) is 10.1. The number of ether oxygens (including phenoxy) is 1. The highest BCUT2D eigenvalue weighted by Gasteiger charge is 2.07. The predicted octanol–water partition coefficient (Wildman–Crippen LogP) is 3.87. The molecule has 0 saturated heterocycles. The summed E-state index contributed by atoms with van der Waals surface area (Å²) in [5.74, 6) is 1.22. The van der Waals surface area contributed by atoms with E-state index in [1.165, 1.54) is 12.1 Å². The van der Waals surface area contributed by atoms with Crippen LogP contribution in [0.4, 0.5) is 5.69 Å². The molecule has 104 valence electrons. The van der Waals surface area contributed by atoms with Crippen LogP contribution in [0.2, 0.25) is 0 Å². The molecule has 0 heterocycles. The van der Waals surface area contributed by atoms with E-state index in [1.54, 1.807) is 12.1 Å². The summed E-state index contributed by atoms with van der Waals surface area (Å²) in [6.45, 7) is 0.774. The molecule has 0 atom stereocenters. The molecule has 0 spiro atoms. The van der Waals surface area contributed by atoms with Gasteiger partial charge in [0.25, 0.3) is 5.69 Å². The normalized spacial score (nSPS) is 10.3. The van der Waals surface area contributed by atoms with Crippen LogP contribution in [0.5, 0.6) is 11.5 Å². The van der Waals surface area contributed by atoms with E-state index in [2.05, 4.69) is 21.2 Å². The number of nitrogens with zero attached hydrogens (tertiary/aromatic N) is 1. The molecule has 0 unspecified atom stereocenters. The molecule has 2 rings (SSSR count). The number of non-ortho nitro benzene ring substituents is 1. The molecule has 0 saturated carbocycles. The molecular formula is C14H13BrN2O3. The maximum absolute atomic E-state index is 10.6. The van der Waals surface area contributed by atoms with E-state index < -0.39 is 4.92 Å².